The molecule has 2 aromatic rings. The number of primary amides is 1. The topological polar surface area (TPSA) is 124 Å². The SMILES string of the molecule is CC(N)(CCCSc1ncnc2nc[nH]c12)C(N)=O. The van der Waals surface area contributed by atoms with Crippen LogP contribution in [0.2, 0.25) is 0 Å². The van der Waals surface area contributed by atoms with E-state index in [1.54, 1.807) is 25.0 Å². The highest BCUT2D eigenvalue weighted by molar-refractivity contribution is 7.99. The zero-order valence-electron chi connectivity index (χ0n) is 10.6. The zero-order valence-corrected chi connectivity index (χ0v) is 11.4. The third kappa shape index (κ3) is 3.21. The first-order chi connectivity index (χ1) is 9.00. The third-order valence-corrected chi connectivity index (χ3v) is 3.91. The standard InChI is InChI=1S/C11H16N6OS/c1-11(13,10(12)18)3-2-4-19-9-7-8(15-5-14-7)16-6-17-9/h5-6H,2-4,13H2,1H3,(H2,12,18)(H,14,15,16,17). The Bertz CT molecular complexity index is 581. The second-order valence-corrected chi connectivity index (χ2v) is 5.60. The Morgan fingerprint density at radius 2 is 2.26 bits per heavy atom. The van der Waals surface area contributed by atoms with E-state index >= 15 is 0 Å². The van der Waals surface area contributed by atoms with E-state index in [0.29, 0.717) is 12.1 Å². The summed E-state index contributed by atoms with van der Waals surface area (Å²) in [6.45, 7) is 1.65. The molecule has 0 saturated carbocycles. The van der Waals surface area contributed by atoms with Crippen LogP contribution in [0, 0.1) is 0 Å². The molecule has 0 aliphatic heterocycles. The van der Waals surface area contributed by atoms with Crippen molar-refractivity contribution in [2.24, 2.45) is 11.5 Å². The monoisotopic (exact) mass is 280 g/mol. The molecule has 0 bridgehead atoms. The predicted molar refractivity (Wildman–Crippen MR) is 73.4 cm³/mol. The molecular weight excluding hydrogens is 264 g/mol. The van der Waals surface area contributed by atoms with Crippen molar-refractivity contribution in [3.05, 3.63) is 12.7 Å². The lowest BCUT2D eigenvalue weighted by Gasteiger charge is -2.19. The first-order valence-electron chi connectivity index (χ1n) is 5.86. The number of hydrogen-bond acceptors (Lipinski definition) is 6. The minimum absolute atomic E-state index is 0.476. The second-order valence-electron chi connectivity index (χ2n) is 4.51. The number of rotatable bonds is 6. The molecule has 2 rings (SSSR count). The van der Waals surface area contributed by atoms with Crippen LogP contribution in [0.15, 0.2) is 17.7 Å². The summed E-state index contributed by atoms with van der Waals surface area (Å²) >= 11 is 1.58. The van der Waals surface area contributed by atoms with Crippen LogP contribution < -0.4 is 11.5 Å². The number of carbonyl (C=O) groups is 1. The summed E-state index contributed by atoms with van der Waals surface area (Å²) in [6, 6.07) is 0. The summed E-state index contributed by atoms with van der Waals surface area (Å²) < 4.78 is 0. The van der Waals surface area contributed by atoms with Gasteiger partial charge in [-0.1, -0.05) is 0 Å². The quantitative estimate of drug-likeness (QED) is 0.400. The average molecular weight is 280 g/mol. The lowest BCUT2D eigenvalue weighted by molar-refractivity contribution is -0.122. The van der Waals surface area contributed by atoms with E-state index in [9.17, 15) is 4.79 Å². The van der Waals surface area contributed by atoms with Crippen LogP contribution in [-0.4, -0.2) is 37.1 Å². The van der Waals surface area contributed by atoms with Crippen molar-refractivity contribution in [1.29, 1.82) is 0 Å². The van der Waals surface area contributed by atoms with Gasteiger partial charge in [-0.2, -0.15) is 0 Å². The Hall–Kier alpha value is -1.67. The molecule has 102 valence electrons. The number of thioether (sulfide) groups is 1. The van der Waals surface area contributed by atoms with Crippen LogP contribution >= 0.6 is 11.8 Å². The smallest absolute Gasteiger partial charge is 0.237 e. The van der Waals surface area contributed by atoms with Crippen molar-refractivity contribution in [3.63, 3.8) is 0 Å². The molecule has 5 N–H and O–H groups in total. The van der Waals surface area contributed by atoms with Crippen molar-refractivity contribution in [2.45, 2.75) is 30.3 Å². The fraction of sp³-hybridized carbons (Fsp3) is 0.455. The number of aromatic amines is 1. The van der Waals surface area contributed by atoms with Crippen LogP contribution in [-0.2, 0) is 4.79 Å². The molecule has 7 nitrogen and oxygen atoms in total. The minimum Gasteiger partial charge on any atom is -0.368 e. The van der Waals surface area contributed by atoms with Gasteiger partial charge in [0.15, 0.2) is 5.65 Å². The molecule has 0 aromatic carbocycles. The van der Waals surface area contributed by atoms with E-state index in [-0.39, 0.29) is 0 Å². The van der Waals surface area contributed by atoms with Crippen molar-refractivity contribution < 1.29 is 4.79 Å². The molecule has 0 aliphatic carbocycles. The maximum absolute atomic E-state index is 11.1. The Morgan fingerprint density at radius 3 is 3.00 bits per heavy atom. The molecule has 8 heteroatoms. The van der Waals surface area contributed by atoms with Gasteiger partial charge in [0.25, 0.3) is 0 Å². The van der Waals surface area contributed by atoms with Gasteiger partial charge >= 0.3 is 0 Å². The summed E-state index contributed by atoms with van der Waals surface area (Å²) in [5.41, 5.74) is 11.5. The highest BCUT2D eigenvalue weighted by atomic mass is 32.2. The number of aromatic nitrogens is 4. The van der Waals surface area contributed by atoms with Crippen molar-refractivity contribution in [3.8, 4) is 0 Å². The summed E-state index contributed by atoms with van der Waals surface area (Å²) in [4.78, 5) is 26.4. The molecule has 1 amide bonds. The molecule has 0 aliphatic rings. The van der Waals surface area contributed by atoms with Gasteiger partial charge in [0.1, 0.15) is 16.9 Å². The van der Waals surface area contributed by atoms with Gasteiger partial charge in [0.2, 0.25) is 5.91 Å². The fourth-order valence-corrected chi connectivity index (χ4v) is 2.48. The van der Waals surface area contributed by atoms with Gasteiger partial charge in [0, 0.05) is 0 Å². The molecule has 1 unspecified atom stereocenters. The number of nitrogens with zero attached hydrogens (tertiary/aromatic N) is 3. The first-order valence-corrected chi connectivity index (χ1v) is 6.85. The molecule has 2 aromatic heterocycles. The van der Waals surface area contributed by atoms with E-state index in [0.717, 1.165) is 22.7 Å². The number of imidazole rings is 1. The number of nitrogens with one attached hydrogen (secondary N) is 1. The lowest BCUT2D eigenvalue weighted by atomic mass is 9.97. The number of nitrogens with two attached hydrogens (primary N) is 2. The van der Waals surface area contributed by atoms with Gasteiger partial charge < -0.3 is 16.5 Å². The molecule has 1 atom stereocenters. The average Bonchev–Trinajstić information content (AvgIpc) is 2.83. The van der Waals surface area contributed by atoms with Crippen molar-refractivity contribution >= 4 is 28.8 Å². The summed E-state index contributed by atoms with van der Waals surface area (Å²) in [5, 5.41) is 0.847. The molecule has 0 fully saturated rings. The van der Waals surface area contributed by atoms with Gasteiger partial charge in [-0.15, -0.1) is 11.8 Å². The Labute approximate surface area is 114 Å². The van der Waals surface area contributed by atoms with Crippen LogP contribution in [0.25, 0.3) is 11.2 Å². The van der Waals surface area contributed by atoms with Crippen LogP contribution in [0.1, 0.15) is 19.8 Å². The largest absolute Gasteiger partial charge is 0.368 e. The summed E-state index contributed by atoms with van der Waals surface area (Å²) in [5.74, 6) is 0.320. The maximum Gasteiger partial charge on any atom is 0.237 e. The normalized spacial score (nSPS) is 14.4. The lowest BCUT2D eigenvalue weighted by Crippen LogP contribution is -2.49. The Kier molecular flexibility index (Phi) is 4.01. The summed E-state index contributed by atoms with van der Waals surface area (Å²) in [7, 11) is 0. The van der Waals surface area contributed by atoms with E-state index in [1.807, 2.05) is 0 Å². The minimum atomic E-state index is -0.949. The highest BCUT2D eigenvalue weighted by Gasteiger charge is 2.24. The Balaban J connectivity index is 1.90. The second kappa shape index (κ2) is 5.54. The van der Waals surface area contributed by atoms with E-state index < -0.39 is 11.4 Å². The number of hydrogen-bond donors (Lipinski definition) is 3. The molecule has 2 heterocycles. The predicted octanol–water partition coefficient (Wildman–Crippen LogP) is 0.428. The summed E-state index contributed by atoms with van der Waals surface area (Å²) in [6.07, 6.45) is 4.40. The van der Waals surface area contributed by atoms with E-state index in [1.165, 1.54) is 6.33 Å². The van der Waals surface area contributed by atoms with Crippen LogP contribution in [0.3, 0.4) is 0 Å². The van der Waals surface area contributed by atoms with Gasteiger partial charge in [-0.3, -0.25) is 4.79 Å². The van der Waals surface area contributed by atoms with E-state index in [2.05, 4.69) is 19.9 Å². The Morgan fingerprint density at radius 1 is 1.47 bits per heavy atom. The zero-order chi connectivity index (χ0) is 13.9. The number of amides is 1. The van der Waals surface area contributed by atoms with Gasteiger partial charge in [0.05, 0.1) is 11.9 Å². The van der Waals surface area contributed by atoms with Crippen molar-refractivity contribution in [1.82, 2.24) is 19.9 Å². The van der Waals surface area contributed by atoms with Crippen LogP contribution in [0.4, 0.5) is 0 Å². The molecule has 0 spiro atoms. The number of H-pyrrole nitrogens is 1. The van der Waals surface area contributed by atoms with Gasteiger partial charge in [-0.05, 0) is 25.5 Å². The molecule has 19 heavy (non-hydrogen) atoms. The molecule has 0 saturated heterocycles. The van der Waals surface area contributed by atoms with Crippen molar-refractivity contribution in [2.75, 3.05) is 5.75 Å². The third-order valence-electron chi connectivity index (χ3n) is 2.83. The van der Waals surface area contributed by atoms with Crippen LogP contribution in [0.5, 0.6) is 0 Å². The first kappa shape index (κ1) is 13.8. The molecular formula is C11H16N6OS. The number of fused-ring (bicyclic) bond motifs is 1. The van der Waals surface area contributed by atoms with E-state index in [4.69, 9.17) is 11.5 Å². The fourth-order valence-electron chi connectivity index (χ4n) is 1.58. The highest BCUT2D eigenvalue weighted by Crippen LogP contribution is 2.23. The molecule has 0 radical (unpaired) electrons. The van der Waals surface area contributed by atoms with Gasteiger partial charge in [-0.25, -0.2) is 15.0 Å². The maximum atomic E-state index is 11.1. The number of carbonyl (C=O) groups excluding carboxylic acids is 1.